The molecular formula is C11H20N2O3. The minimum absolute atomic E-state index is 0.0794. The van der Waals surface area contributed by atoms with E-state index in [4.69, 9.17) is 4.74 Å². The molecule has 2 atom stereocenters. The Morgan fingerprint density at radius 1 is 1.31 bits per heavy atom. The lowest BCUT2D eigenvalue weighted by atomic mass is 10.2. The zero-order chi connectivity index (χ0) is 12.1. The number of carbonyl (C=O) groups is 2. The van der Waals surface area contributed by atoms with Crippen molar-refractivity contribution in [3.8, 4) is 0 Å². The molecule has 2 amide bonds. The van der Waals surface area contributed by atoms with Crippen LogP contribution >= 0.6 is 0 Å². The van der Waals surface area contributed by atoms with Crippen LogP contribution in [-0.4, -0.2) is 48.6 Å². The van der Waals surface area contributed by atoms with Crippen molar-refractivity contribution in [1.82, 2.24) is 10.2 Å². The third-order valence-electron chi connectivity index (χ3n) is 2.49. The van der Waals surface area contributed by atoms with Gasteiger partial charge < -0.3 is 15.0 Å². The first-order valence-electron chi connectivity index (χ1n) is 5.66. The average Bonchev–Trinajstić information content (AvgIpc) is 2.15. The largest absolute Gasteiger partial charge is 0.372 e. The molecule has 0 radical (unpaired) electrons. The number of hydrogen-bond acceptors (Lipinski definition) is 3. The van der Waals surface area contributed by atoms with E-state index in [2.05, 4.69) is 5.32 Å². The van der Waals surface area contributed by atoms with E-state index in [-0.39, 0.29) is 24.0 Å². The van der Waals surface area contributed by atoms with Crippen LogP contribution in [0.1, 0.15) is 27.2 Å². The third-order valence-corrected chi connectivity index (χ3v) is 2.49. The molecule has 1 rings (SSSR count). The van der Waals surface area contributed by atoms with Crippen LogP contribution in [0, 0.1) is 0 Å². The van der Waals surface area contributed by atoms with Gasteiger partial charge in [0.2, 0.25) is 11.8 Å². The number of ether oxygens (including phenoxy) is 1. The number of nitrogens with one attached hydrogen (secondary N) is 1. The van der Waals surface area contributed by atoms with Gasteiger partial charge in [-0.15, -0.1) is 0 Å². The van der Waals surface area contributed by atoms with E-state index in [0.29, 0.717) is 26.1 Å². The molecule has 1 N–H and O–H groups in total. The molecule has 5 heteroatoms. The Morgan fingerprint density at radius 2 is 1.88 bits per heavy atom. The summed E-state index contributed by atoms with van der Waals surface area (Å²) in [6, 6.07) is 0. The molecule has 0 aromatic rings. The highest BCUT2D eigenvalue weighted by molar-refractivity contribution is 5.78. The van der Waals surface area contributed by atoms with Crippen LogP contribution in [0.2, 0.25) is 0 Å². The maximum atomic E-state index is 11.8. The van der Waals surface area contributed by atoms with E-state index in [1.54, 1.807) is 4.90 Å². The van der Waals surface area contributed by atoms with Gasteiger partial charge in [0.1, 0.15) is 0 Å². The fourth-order valence-electron chi connectivity index (χ4n) is 1.89. The van der Waals surface area contributed by atoms with Gasteiger partial charge in [-0.3, -0.25) is 9.59 Å². The smallest absolute Gasteiger partial charge is 0.224 e. The summed E-state index contributed by atoms with van der Waals surface area (Å²) in [6.45, 7) is 7.07. The summed E-state index contributed by atoms with van der Waals surface area (Å²) in [5.74, 6) is -0.0211. The monoisotopic (exact) mass is 228 g/mol. The zero-order valence-corrected chi connectivity index (χ0v) is 10.2. The number of amides is 2. The lowest BCUT2D eigenvalue weighted by molar-refractivity contribution is -0.143. The van der Waals surface area contributed by atoms with Crippen molar-refractivity contribution in [1.29, 1.82) is 0 Å². The van der Waals surface area contributed by atoms with E-state index >= 15 is 0 Å². The Balaban J connectivity index is 2.32. The maximum Gasteiger partial charge on any atom is 0.224 e. The van der Waals surface area contributed by atoms with Gasteiger partial charge >= 0.3 is 0 Å². The summed E-state index contributed by atoms with van der Waals surface area (Å²) in [4.78, 5) is 24.2. The van der Waals surface area contributed by atoms with Crippen molar-refractivity contribution < 1.29 is 14.3 Å². The standard InChI is InChI=1S/C11H20N2O3/c1-8-6-13(7-9(2)16-8)11(15)4-5-12-10(3)14/h8-9H,4-7H2,1-3H3,(H,12,14). The van der Waals surface area contributed by atoms with Crippen LogP contribution < -0.4 is 5.32 Å². The van der Waals surface area contributed by atoms with Crippen molar-refractivity contribution in [2.75, 3.05) is 19.6 Å². The molecule has 0 spiro atoms. The summed E-state index contributed by atoms with van der Waals surface area (Å²) >= 11 is 0. The zero-order valence-electron chi connectivity index (χ0n) is 10.2. The number of hydrogen-bond donors (Lipinski definition) is 1. The lowest BCUT2D eigenvalue weighted by Crippen LogP contribution is -2.48. The van der Waals surface area contributed by atoms with Gasteiger partial charge in [-0.05, 0) is 13.8 Å². The second-order valence-corrected chi connectivity index (χ2v) is 4.29. The molecule has 1 saturated heterocycles. The van der Waals surface area contributed by atoms with Crippen LogP contribution in [0.4, 0.5) is 0 Å². The summed E-state index contributed by atoms with van der Waals surface area (Å²) in [7, 11) is 0. The molecule has 16 heavy (non-hydrogen) atoms. The second kappa shape index (κ2) is 5.84. The first kappa shape index (κ1) is 13.0. The van der Waals surface area contributed by atoms with Crippen LogP contribution in [0.3, 0.4) is 0 Å². The molecule has 1 aliphatic rings. The van der Waals surface area contributed by atoms with Crippen molar-refractivity contribution in [3.63, 3.8) is 0 Å². The van der Waals surface area contributed by atoms with Crippen LogP contribution in [0.15, 0.2) is 0 Å². The normalized spacial score (nSPS) is 25.3. The van der Waals surface area contributed by atoms with E-state index in [9.17, 15) is 9.59 Å². The topological polar surface area (TPSA) is 58.6 Å². The van der Waals surface area contributed by atoms with Gasteiger partial charge in [0, 0.05) is 33.0 Å². The predicted octanol–water partition coefficient (Wildman–Crippen LogP) is 0.148. The fraction of sp³-hybridized carbons (Fsp3) is 0.818. The van der Waals surface area contributed by atoms with Gasteiger partial charge in [-0.25, -0.2) is 0 Å². The van der Waals surface area contributed by atoms with Gasteiger partial charge in [-0.1, -0.05) is 0 Å². The van der Waals surface area contributed by atoms with Gasteiger partial charge in [-0.2, -0.15) is 0 Å². The SMILES string of the molecule is CC(=O)NCCC(=O)N1CC(C)OC(C)C1. The molecule has 0 aromatic heterocycles. The molecular weight excluding hydrogens is 208 g/mol. The van der Waals surface area contributed by atoms with E-state index in [1.165, 1.54) is 6.92 Å². The summed E-state index contributed by atoms with van der Waals surface area (Å²) in [5, 5.41) is 2.62. The highest BCUT2D eigenvalue weighted by Gasteiger charge is 2.25. The Bertz CT molecular complexity index is 258. The molecule has 0 saturated carbocycles. The van der Waals surface area contributed by atoms with Crippen LogP contribution in [0.5, 0.6) is 0 Å². The molecule has 5 nitrogen and oxygen atoms in total. The molecule has 0 aliphatic carbocycles. The van der Waals surface area contributed by atoms with E-state index < -0.39 is 0 Å². The third kappa shape index (κ3) is 4.18. The average molecular weight is 228 g/mol. The second-order valence-electron chi connectivity index (χ2n) is 4.29. The van der Waals surface area contributed by atoms with Gasteiger partial charge in [0.25, 0.3) is 0 Å². The van der Waals surface area contributed by atoms with Crippen molar-refractivity contribution in [3.05, 3.63) is 0 Å². The molecule has 1 aliphatic heterocycles. The number of morpholine rings is 1. The minimum Gasteiger partial charge on any atom is -0.372 e. The van der Waals surface area contributed by atoms with Crippen molar-refractivity contribution in [2.45, 2.75) is 39.4 Å². The van der Waals surface area contributed by atoms with Crippen molar-refractivity contribution >= 4 is 11.8 Å². The summed E-state index contributed by atoms with van der Waals surface area (Å²) in [5.41, 5.74) is 0. The van der Waals surface area contributed by atoms with Crippen molar-refractivity contribution in [2.24, 2.45) is 0 Å². The summed E-state index contributed by atoms with van der Waals surface area (Å²) in [6.07, 6.45) is 0.542. The highest BCUT2D eigenvalue weighted by atomic mass is 16.5. The lowest BCUT2D eigenvalue weighted by Gasteiger charge is -2.35. The highest BCUT2D eigenvalue weighted by Crippen LogP contribution is 2.11. The molecule has 1 heterocycles. The molecule has 1 fully saturated rings. The number of rotatable bonds is 3. The first-order valence-corrected chi connectivity index (χ1v) is 5.66. The minimum atomic E-state index is -0.100. The van der Waals surface area contributed by atoms with Crippen LogP contribution in [-0.2, 0) is 14.3 Å². The maximum absolute atomic E-state index is 11.8. The molecule has 92 valence electrons. The van der Waals surface area contributed by atoms with Gasteiger partial charge in [0.15, 0.2) is 0 Å². The summed E-state index contributed by atoms with van der Waals surface area (Å²) < 4.78 is 5.55. The van der Waals surface area contributed by atoms with Gasteiger partial charge in [0.05, 0.1) is 12.2 Å². The fourth-order valence-corrected chi connectivity index (χ4v) is 1.89. The van der Waals surface area contributed by atoms with E-state index in [0.717, 1.165) is 0 Å². The predicted molar refractivity (Wildman–Crippen MR) is 59.9 cm³/mol. The van der Waals surface area contributed by atoms with E-state index in [1.807, 2.05) is 13.8 Å². The quantitative estimate of drug-likeness (QED) is 0.748. The first-order chi connectivity index (χ1) is 7.49. The Kier molecular flexibility index (Phi) is 4.73. The Morgan fingerprint density at radius 3 is 2.38 bits per heavy atom. The molecule has 2 unspecified atom stereocenters. The molecule has 0 aromatic carbocycles. The Labute approximate surface area is 96.1 Å². The number of nitrogens with zero attached hydrogens (tertiary/aromatic N) is 1. The molecule has 0 bridgehead atoms. The Hall–Kier alpha value is -1.10. The van der Waals surface area contributed by atoms with Crippen LogP contribution in [0.25, 0.3) is 0 Å². The number of carbonyl (C=O) groups excluding carboxylic acids is 2.